The topological polar surface area (TPSA) is 106 Å². The van der Waals surface area contributed by atoms with Crippen LogP contribution in [-0.2, 0) is 20.9 Å². The molecule has 0 aliphatic heterocycles. The monoisotopic (exact) mass is 573 g/mol. The van der Waals surface area contributed by atoms with Gasteiger partial charge in [-0.25, -0.2) is 0 Å². The van der Waals surface area contributed by atoms with Crippen LogP contribution in [0.25, 0.3) is 10.8 Å². The van der Waals surface area contributed by atoms with Gasteiger partial charge in [-0.05, 0) is 80.6 Å². The van der Waals surface area contributed by atoms with E-state index < -0.39 is 18.1 Å². The molecule has 3 amide bonds. The Morgan fingerprint density at radius 2 is 1.80 bits per heavy atom. The van der Waals surface area contributed by atoms with E-state index in [9.17, 15) is 19.6 Å². The number of rotatable bonds is 13. The van der Waals surface area contributed by atoms with Gasteiger partial charge in [-0.2, -0.15) is 17.0 Å². The summed E-state index contributed by atoms with van der Waals surface area (Å²) >= 11 is 1.39. The molecule has 0 spiro atoms. The first-order valence-corrected chi connectivity index (χ1v) is 15.1. The first-order valence-electron chi connectivity index (χ1n) is 13.7. The molecule has 2 N–H and O–H groups in total. The highest BCUT2D eigenvalue weighted by Gasteiger charge is 2.31. The zero-order valence-corrected chi connectivity index (χ0v) is 25.4. The Labute approximate surface area is 247 Å². The molecule has 9 heteroatoms. The third-order valence-electron chi connectivity index (χ3n) is 7.34. The number of aryl methyl sites for hydroxylation is 1. The van der Waals surface area contributed by atoms with Crippen molar-refractivity contribution in [1.29, 1.82) is 5.26 Å². The fourth-order valence-corrected chi connectivity index (χ4v) is 5.29. The molecule has 0 bridgehead atoms. The van der Waals surface area contributed by atoms with E-state index in [0.717, 1.165) is 28.3 Å². The predicted molar refractivity (Wildman–Crippen MR) is 168 cm³/mol. The number of anilines is 2. The number of carbonyl (C=O) groups is 3. The largest absolute Gasteiger partial charge is 0.350 e. The molecular formula is C32H39N5O3S. The third kappa shape index (κ3) is 7.46. The number of amides is 3. The van der Waals surface area contributed by atoms with Crippen molar-refractivity contribution in [3.8, 4) is 6.07 Å². The third-order valence-corrected chi connectivity index (χ3v) is 7.88. The Morgan fingerprint density at radius 1 is 1.07 bits per heavy atom. The van der Waals surface area contributed by atoms with E-state index >= 15 is 0 Å². The summed E-state index contributed by atoms with van der Waals surface area (Å²) in [6, 6.07) is 18.0. The van der Waals surface area contributed by atoms with E-state index in [4.69, 9.17) is 0 Å². The van der Waals surface area contributed by atoms with Crippen molar-refractivity contribution in [3.05, 3.63) is 71.3 Å². The zero-order chi connectivity index (χ0) is 30.1. The predicted octanol–water partition coefficient (Wildman–Crippen LogP) is 4.77. The fourth-order valence-electron chi connectivity index (χ4n) is 4.90. The van der Waals surface area contributed by atoms with Crippen LogP contribution >= 0.6 is 11.8 Å². The van der Waals surface area contributed by atoms with Crippen LogP contribution in [0.3, 0.4) is 0 Å². The van der Waals surface area contributed by atoms with Gasteiger partial charge in [-0.15, -0.1) is 0 Å². The Balaban J connectivity index is 2.10. The van der Waals surface area contributed by atoms with Gasteiger partial charge in [0.1, 0.15) is 0 Å². The fraction of sp³-hybridized carbons (Fsp3) is 0.375. The number of thioether (sulfide) groups is 1. The van der Waals surface area contributed by atoms with Crippen LogP contribution in [0.4, 0.5) is 11.4 Å². The number of nitriles is 1. The SMILES string of the molecule is CCN[C@@H](C)C(=O)NC(C)[C@H](C)N(C(=O)CSC)c1cc(C#N)ccc1N(C=O)Cc1c(C)ccc2ccccc12. The van der Waals surface area contributed by atoms with Crippen LogP contribution in [0.5, 0.6) is 0 Å². The van der Waals surface area contributed by atoms with Crippen molar-refractivity contribution in [2.45, 2.75) is 59.3 Å². The summed E-state index contributed by atoms with van der Waals surface area (Å²) < 4.78 is 0. The van der Waals surface area contributed by atoms with Crippen LogP contribution in [0.1, 0.15) is 44.4 Å². The van der Waals surface area contributed by atoms with Gasteiger partial charge in [-0.1, -0.05) is 43.3 Å². The van der Waals surface area contributed by atoms with Gasteiger partial charge in [0.2, 0.25) is 18.2 Å². The minimum Gasteiger partial charge on any atom is -0.350 e. The summed E-state index contributed by atoms with van der Waals surface area (Å²) in [5.74, 6) is -0.164. The summed E-state index contributed by atoms with van der Waals surface area (Å²) in [6.07, 6.45) is 2.61. The molecule has 0 heterocycles. The first-order chi connectivity index (χ1) is 19.7. The highest BCUT2D eigenvalue weighted by Crippen LogP contribution is 2.35. The summed E-state index contributed by atoms with van der Waals surface area (Å²) in [6.45, 7) is 10.4. The van der Waals surface area contributed by atoms with Crippen LogP contribution in [0.15, 0.2) is 54.6 Å². The maximum Gasteiger partial charge on any atom is 0.237 e. The maximum atomic E-state index is 13.7. The van der Waals surface area contributed by atoms with Crippen molar-refractivity contribution in [3.63, 3.8) is 0 Å². The second-order valence-corrected chi connectivity index (χ2v) is 11.0. The lowest BCUT2D eigenvalue weighted by atomic mass is 9.99. The second kappa shape index (κ2) is 14.7. The minimum absolute atomic E-state index is 0.171. The van der Waals surface area contributed by atoms with Gasteiger partial charge in [0.25, 0.3) is 0 Å². The summed E-state index contributed by atoms with van der Waals surface area (Å²) in [5, 5.41) is 18.0. The molecule has 0 saturated heterocycles. The van der Waals surface area contributed by atoms with Gasteiger partial charge >= 0.3 is 0 Å². The van der Waals surface area contributed by atoms with Gasteiger partial charge in [-0.3, -0.25) is 14.4 Å². The summed E-state index contributed by atoms with van der Waals surface area (Å²) in [4.78, 5) is 42.3. The summed E-state index contributed by atoms with van der Waals surface area (Å²) in [7, 11) is 0. The van der Waals surface area contributed by atoms with E-state index in [1.807, 2.05) is 64.3 Å². The number of hydrogen-bond donors (Lipinski definition) is 2. The molecule has 0 aliphatic carbocycles. The molecule has 216 valence electrons. The van der Waals surface area contributed by atoms with Crippen LogP contribution < -0.4 is 20.4 Å². The molecule has 3 aromatic carbocycles. The highest BCUT2D eigenvalue weighted by atomic mass is 32.2. The van der Waals surface area contributed by atoms with E-state index in [1.54, 1.807) is 34.9 Å². The summed E-state index contributed by atoms with van der Waals surface area (Å²) in [5.41, 5.74) is 3.36. The maximum absolute atomic E-state index is 13.7. The molecule has 0 fully saturated rings. The molecule has 3 aromatic rings. The van der Waals surface area contributed by atoms with Crippen molar-refractivity contribution in [2.24, 2.45) is 0 Å². The molecule has 0 aliphatic rings. The lowest BCUT2D eigenvalue weighted by molar-refractivity contribution is -0.124. The van der Waals surface area contributed by atoms with E-state index in [0.29, 0.717) is 23.5 Å². The molecule has 41 heavy (non-hydrogen) atoms. The van der Waals surface area contributed by atoms with Gasteiger partial charge < -0.3 is 20.4 Å². The Morgan fingerprint density at radius 3 is 2.46 bits per heavy atom. The average Bonchev–Trinajstić information content (AvgIpc) is 2.97. The number of carbonyl (C=O) groups excluding carboxylic acids is 3. The van der Waals surface area contributed by atoms with E-state index in [1.165, 1.54) is 11.8 Å². The molecule has 0 saturated carbocycles. The molecule has 0 aromatic heterocycles. The molecule has 3 atom stereocenters. The van der Waals surface area contributed by atoms with Crippen molar-refractivity contribution in [2.75, 3.05) is 28.4 Å². The van der Waals surface area contributed by atoms with Crippen LogP contribution in [-0.4, -0.2) is 54.9 Å². The normalized spacial score (nSPS) is 13.1. The van der Waals surface area contributed by atoms with Gasteiger partial charge in [0, 0.05) is 6.04 Å². The number of nitrogens with zero attached hydrogens (tertiary/aromatic N) is 3. The smallest absolute Gasteiger partial charge is 0.237 e. The Bertz CT molecular complexity index is 1440. The average molecular weight is 574 g/mol. The van der Waals surface area contributed by atoms with Crippen LogP contribution in [0, 0.1) is 18.3 Å². The number of likely N-dealkylation sites (N-methyl/N-ethyl adjacent to an activating group) is 1. The number of benzene rings is 3. The molecule has 8 nitrogen and oxygen atoms in total. The Kier molecular flexibility index (Phi) is 11.3. The number of fused-ring (bicyclic) bond motifs is 1. The van der Waals surface area contributed by atoms with Crippen molar-refractivity contribution < 1.29 is 14.4 Å². The van der Waals surface area contributed by atoms with E-state index in [2.05, 4.69) is 22.8 Å². The molecule has 0 radical (unpaired) electrons. The standard InChI is InChI=1S/C32H39N5O3S/c1-7-34-23(4)32(40)35-22(3)24(5)37(31(39)19-41-6)30-16-25(17-33)13-15-29(30)36(20-38)18-28-21(2)12-14-26-10-8-9-11-27(26)28/h8-16,20,22-24,34H,7,18-19H2,1-6H3,(H,35,40)/t22?,23-,24-/m0/s1. The molecule has 3 rings (SSSR count). The van der Waals surface area contributed by atoms with Crippen molar-refractivity contribution in [1.82, 2.24) is 10.6 Å². The molecular weight excluding hydrogens is 534 g/mol. The molecule has 1 unspecified atom stereocenters. The lowest BCUT2D eigenvalue weighted by Crippen LogP contribution is -2.55. The number of hydrogen-bond acceptors (Lipinski definition) is 6. The minimum atomic E-state index is -0.479. The van der Waals surface area contributed by atoms with Gasteiger partial charge in [0.15, 0.2) is 0 Å². The second-order valence-electron chi connectivity index (χ2n) is 10.1. The van der Waals surface area contributed by atoms with E-state index in [-0.39, 0.29) is 24.1 Å². The first kappa shape index (κ1) is 31.7. The Hall–Kier alpha value is -3.87. The van der Waals surface area contributed by atoms with Gasteiger partial charge in [0.05, 0.1) is 47.4 Å². The quantitative estimate of drug-likeness (QED) is 0.286. The van der Waals surface area contributed by atoms with Crippen LogP contribution in [0.2, 0.25) is 0 Å². The van der Waals surface area contributed by atoms with Crippen molar-refractivity contribution >= 4 is 52.1 Å². The lowest BCUT2D eigenvalue weighted by Gasteiger charge is -2.36. The number of nitrogens with one attached hydrogen (secondary N) is 2. The zero-order valence-electron chi connectivity index (χ0n) is 24.6. The highest BCUT2D eigenvalue weighted by molar-refractivity contribution is 7.99.